The fourth-order valence-electron chi connectivity index (χ4n) is 3.07. The number of hydrogen-bond acceptors (Lipinski definition) is 4. The molecule has 1 N–H and O–H groups in total. The first kappa shape index (κ1) is 15.6. The molecule has 0 radical (unpaired) electrons. The molecule has 2 atom stereocenters. The fraction of sp³-hybridized carbons (Fsp3) is 0.500. The van der Waals surface area contributed by atoms with Gasteiger partial charge in [-0.1, -0.05) is 11.6 Å². The van der Waals surface area contributed by atoms with Gasteiger partial charge in [0.1, 0.15) is 5.75 Å². The number of sulfonamides is 1. The van der Waals surface area contributed by atoms with Crippen LogP contribution in [0, 0.1) is 5.92 Å². The predicted octanol–water partition coefficient (Wildman–Crippen LogP) is 1.71. The van der Waals surface area contributed by atoms with Crippen molar-refractivity contribution in [2.45, 2.75) is 17.6 Å². The van der Waals surface area contributed by atoms with E-state index in [2.05, 4.69) is 5.32 Å². The third kappa shape index (κ3) is 2.11. The number of fused-ring (bicyclic) bond motifs is 1. The van der Waals surface area contributed by atoms with E-state index in [9.17, 15) is 13.2 Å². The number of nitrogens with zero attached hydrogens (tertiary/aromatic N) is 1. The normalized spacial score (nSPS) is 29.5. The van der Waals surface area contributed by atoms with Crippen LogP contribution in [0.15, 0.2) is 18.2 Å². The van der Waals surface area contributed by atoms with Gasteiger partial charge in [0.05, 0.1) is 12.1 Å². The van der Waals surface area contributed by atoms with E-state index >= 15 is 0 Å². The minimum atomic E-state index is -3.61. The van der Waals surface area contributed by atoms with Crippen LogP contribution in [0.4, 0.5) is 5.69 Å². The third-order valence-corrected chi connectivity index (χ3v) is 7.41. The number of carbonyl (C=O) groups excluding carboxylic acids is 1. The quantitative estimate of drug-likeness (QED) is 0.905. The van der Waals surface area contributed by atoms with Crippen LogP contribution >= 0.6 is 11.6 Å². The van der Waals surface area contributed by atoms with E-state index in [-0.39, 0.29) is 5.92 Å². The maximum atomic E-state index is 12.6. The number of ether oxygens (including phenoxy) is 1. The first-order valence-corrected chi connectivity index (χ1v) is 8.75. The van der Waals surface area contributed by atoms with E-state index in [4.69, 9.17) is 16.3 Å². The lowest BCUT2D eigenvalue weighted by Gasteiger charge is -2.28. The topological polar surface area (TPSA) is 75.7 Å². The van der Waals surface area contributed by atoms with Crippen molar-refractivity contribution in [3.63, 3.8) is 0 Å². The molecule has 3 rings (SSSR count). The van der Waals surface area contributed by atoms with Crippen molar-refractivity contribution < 1.29 is 17.9 Å². The first-order valence-electron chi connectivity index (χ1n) is 6.94. The highest BCUT2D eigenvalue weighted by atomic mass is 35.5. The van der Waals surface area contributed by atoms with E-state index in [0.29, 0.717) is 35.8 Å². The lowest BCUT2D eigenvalue weighted by molar-refractivity contribution is -0.117. The molecule has 1 aliphatic heterocycles. The average Bonchev–Trinajstić information content (AvgIpc) is 3.21. The van der Waals surface area contributed by atoms with Gasteiger partial charge in [0.25, 0.3) is 0 Å². The molecule has 22 heavy (non-hydrogen) atoms. The molecule has 8 heteroatoms. The zero-order valence-corrected chi connectivity index (χ0v) is 13.9. The first-order chi connectivity index (χ1) is 10.3. The summed E-state index contributed by atoms with van der Waals surface area (Å²) < 4.78 is 30.0. The molecule has 1 heterocycles. The molecule has 0 aromatic heterocycles. The minimum absolute atomic E-state index is 0.0950. The van der Waals surface area contributed by atoms with Gasteiger partial charge in [0, 0.05) is 19.3 Å². The van der Waals surface area contributed by atoms with Gasteiger partial charge in [0.15, 0.2) is 4.75 Å². The van der Waals surface area contributed by atoms with E-state index in [1.807, 2.05) is 0 Å². The van der Waals surface area contributed by atoms with Crippen LogP contribution in [0.1, 0.15) is 12.8 Å². The van der Waals surface area contributed by atoms with Crippen LogP contribution in [0.25, 0.3) is 0 Å². The molecule has 2 aliphatic rings. The Morgan fingerprint density at radius 2 is 2.23 bits per heavy atom. The van der Waals surface area contributed by atoms with Crippen molar-refractivity contribution in [2.75, 3.05) is 26.0 Å². The van der Waals surface area contributed by atoms with Crippen molar-refractivity contribution in [3.05, 3.63) is 23.2 Å². The Labute approximate surface area is 134 Å². The average molecular weight is 345 g/mol. The number of amides is 1. The number of anilines is 1. The number of methoxy groups -OCH3 is 1. The lowest BCUT2D eigenvalue weighted by Crippen LogP contribution is -2.50. The molecule has 6 nitrogen and oxygen atoms in total. The second-order valence-electron chi connectivity index (χ2n) is 5.71. The van der Waals surface area contributed by atoms with Gasteiger partial charge in [-0.2, -0.15) is 0 Å². The number of benzene rings is 1. The number of hydrogen-bond donors (Lipinski definition) is 1. The summed E-state index contributed by atoms with van der Waals surface area (Å²) in [6.07, 6.45) is 1.10. The SMILES string of the molecule is COc1ccc(NC(=O)C23CC2CCN(C)S3(=O)=O)cc1Cl. The number of carbonyl (C=O) groups is 1. The molecule has 1 saturated carbocycles. The van der Waals surface area contributed by atoms with Gasteiger partial charge in [0.2, 0.25) is 15.9 Å². The highest BCUT2D eigenvalue weighted by Gasteiger charge is 2.71. The highest BCUT2D eigenvalue weighted by molar-refractivity contribution is 7.91. The molecular weight excluding hydrogens is 328 g/mol. The minimum Gasteiger partial charge on any atom is -0.495 e. The fourth-order valence-corrected chi connectivity index (χ4v) is 5.47. The monoisotopic (exact) mass is 344 g/mol. The molecular formula is C14H17ClN2O4S. The zero-order valence-electron chi connectivity index (χ0n) is 12.3. The summed E-state index contributed by atoms with van der Waals surface area (Å²) >= 11 is 6.02. The zero-order chi connectivity index (χ0) is 16.1. The van der Waals surface area contributed by atoms with E-state index in [0.717, 1.165) is 0 Å². The van der Waals surface area contributed by atoms with Gasteiger partial charge in [-0.15, -0.1) is 0 Å². The van der Waals surface area contributed by atoms with Gasteiger partial charge in [-0.25, -0.2) is 12.7 Å². The van der Waals surface area contributed by atoms with Gasteiger partial charge >= 0.3 is 0 Å². The Balaban J connectivity index is 1.85. The Bertz CT molecular complexity index is 736. The van der Waals surface area contributed by atoms with Crippen LogP contribution in [0.2, 0.25) is 5.02 Å². The molecule has 0 spiro atoms. The Hall–Kier alpha value is -1.31. The van der Waals surface area contributed by atoms with Gasteiger partial charge in [-0.3, -0.25) is 4.79 Å². The summed E-state index contributed by atoms with van der Waals surface area (Å²) in [6, 6.07) is 4.81. The molecule has 1 aliphatic carbocycles. The Kier molecular flexibility index (Phi) is 3.62. The molecule has 1 saturated heterocycles. The summed E-state index contributed by atoms with van der Waals surface area (Å²) in [7, 11) is -0.592. The standard InChI is InChI=1S/C14H17ClN2O4S/c1-17-6-5-9-8-14(9,22(17,19)20)13(18)16-10-3-4-12(21-2)11(15)7-10/h3-4,7,9H,5-6,8H2,1-2H3,(H,16,18). The van der Waals surface area contributed by atoms with E-state index in [1.54, 1.807) is 18.2 Å². The van der Waals surface area contributed by atoms with Crippen LogP contribution < -0.4 is 10.1 Å². The molecule has 120 valence electrons. The van der Waals surface area contributed by atoms with Crippen LogP contribution in [0.3, 0.4) is 0 Å². The summed E-state index contributed by atoms with van der Waals surface area (Å²) in [5, 5.41) is 3.03. The van der Waals surface area contributed by atoms with Crippen molar-refractivity contribution >= 4 is 33.2 Å². The van der Waals surface area contributed by atoms with Crippen molar-refractivity contribution in [1.29, 1.82) is 0 Å². The Morgan fingerprint density at radius 1 is 1.50 bits per heavy atom. The summed E-state index contributed by atoms with van der Waals surface area (Å²) in [4.78, 5) is 12.6. The summed E-state index contributed by atoms with van der Waals surface area (Å²) in [5.41, 5.74) is 0.458. The van der Waals surface area contributed by atoms with Crippen LogP contribution in [-0.2, 0) is 14.8 Å². The van der Waals surface area contributed by atoms with Crippen molar-refractivity contribution in [2.24, 2.45) is 5.92 Å². The molecule has 1 aromatic rings. The Morgan fingerprint density at radius 3 is 2.86 bits per heavy atom. The largest absolute Gasteiger partial charge is 0.495 e. The van der Waals surface area contributed by atoms with Crippen molar-refractivity contribution in [3.8, 4) is 5.75 Å². The highest BCUT2D eigenvalue weighted by Crippen LogP contribution is 2.56. The molecule has 1 amide bonds. The number of rotatable bonds is 3. The molecule has 2 unspecified atom stereocenters. The molecule has 0 bridgehead atoms. The van der Waals surface area contributed by atoms with Gasteiger partial charge < -0.3 is 10.1 Å². The van der Waals surface area contributed by atoms with E-state index in [1.165, 1.54) is 18.5 Å². The lowest BCUT2D eigenvalue weighted by atomic mass is 10.2. The van der Waals surface area contributed by atoms with Gasteiger partial charge in [-0.05, 0) is 37.0 Å². The predicted molar refractivity (Wildman–Crippen MR) is 83.6 cm³/mol. The second-order valence-corrected chi connectivity index (χ2v) is 8.42. The van der Waals surface area contributed by atoms with Crippen LogP contribution in [0.5, 0.6) is 5.75 Å². The maximum Gasteiger partial charge on any atom is 0.247 e. The maximum absolute atomic E-state index is 12.6. The number of halogens is 1. The van der Waals surface area contributed by atoms with Crippen molar-refractivity contribution in [1.82, 2.24) is 4.31 Å². The summed E-state index contributed by atoms with van der Waals surface area (Å²) in [6.45, 7) is 0.469. The van der Waals surface area contributed by atoms with E-state index < -0.39 is 20.7 Å². The molecule has 2 fully saturated rings. The third-order valence-electron chi connectivity index (χ3n) is 4.51. The smallest absolute Gasteiger partial charge is 0.247 e. The second kappa shape index (κ2) is 5.11. The molecule has 1 aromatic carbocycles. The number of nitrogens with one attached hydrogen (secondary N) is 1. The summed E-state index contributed by atoms with van der Waals surface area (Å²) in [5.74, 6) is -0.0835. The van der Waals surface area contributed by atoms with Crippen LogP contribution in [-0.4, -0.2) is 44.1 Å².